The van der Waals surface area contributed by atoms with E-state index in [-0.39, 0.29) is 12.7 Å². The zero-order valence-corrected chi connectivity index (χ0v) is 20.1. The number of fused-ring (bicyclic) bond motifs is 1. The Morgan fingerprint density at radius 2 is 1.76 bits per heavy atom. The fraction of sp³-hybridized carbons (Fsp3) is 0.280. The van der Waals surface area contributed by atoms with Gasteiger partial charge >= 0.3 is 0 Å². The third-order valence-electron chi connectivity index (χ3n) is 6.45. The van der Waals surface area contributed by atoms with Crippen LogP contribution in [-0.2, 0) is 10.2 Å². The number of amides is 1. The number of rotatable bonds is 6. The summed E-state index contributed by atoms with van der Waals surface area (Å²) in [5.74, 6) is 1.79. The molecule has 2 aromatic carbocycles. The molecule has 2 aliphatic rings. The summed E-state index contributed by atoms with van der Waals surface area (Å²) in [6, 6.07) is 14.6. The molecule has 5 rings (SSSR count). The SMILES string of the molecule is Cc1cc(NC(=O)C2(c3ccc4c(c3)OCO4)CC2)ncc1-c1ccc(S(O)(O)N(C)C)cc1. The quantitative estimate of drug-likeness (QED) is 0.453. The number of carbonyl (C=O) groups excluding carboxylic acids is 1. The number of pyridine rings is 1. The van der Waals surface area contributed by atoms with E-state index in [1.165, 1.54) is 4.31 Å². The molecule has 1 amide bonds. The monoisotopic (exact) mass is 481 g/mol. The van der Waals surface area contributed by atoms with Crippen molar-refractivity contribution < 1.29 is 23.4 Å². The molecule has 9 heteroatoms. The second kappa shape index (κ2) is 8.28. The van der Waals surface area contributed by atoms with Gasteiger partial charge in [0.1, 0.15) is 5.82 Å². The molecule has 0 radical (unpaired) electrons. The van der Waals surface area contributed by atoms with Gasteiger partial charge < -0.3 is 14.8 Å². The van der Waals surface area contributed by atoms with Crippen molar-refractivity contribution in [2.45, 2.75) is 30.1 Å². The van der Waals surface area contributed by atoms with Crippen LogP contribution in [0.4, 0.5) is 5.82 Å². The van der Waals surface area contributed by atoms with Gasteiger partial charge in [0.2, 0.25) is 12.7 Å². The fourth-order valence-corrected chi connectivity index (χ4v) is 5.08. The summed E-state index contributed by atoms with van der Waals surface area (Å²) in [7, 11) is 0.270. The number of carbonyl (C=O) groups is 1. The summed E-state index contributed by atoms with van der Waals surface area (Å²) in [6.07, 6.45) is 3.27. The molecule has 0 spiro atoms. The molecule has 1 aromatic heterocycles. The van der Waals surface area contributed by atoms with Gasteiger partial charge in [-0.3, -0.25) is 13.9 Å². The standard InChI is InChI=1S/C25H27N3O5S/c1-16-12-23(26-14-20(16)17-4-7-19(8-5-17)34(30,31)28(2)3)27-24(29)25(10-11-25)18-6-9-21-22(13-18)33-15-32-21/h4-9,12-14,30-31H,10-11,15H2,1-3H3,(H,26,27,29). The van der Waals surface area contributed by atoms with Gasteiger partial charge in [-0.05, 0) is 66.8 Å². The minimum absolute atomic E-state index is 0.0794. The summed E-state index contributed by atoms with van der Waals surface area (Å²) in [5, 5.41) is 2.98. The first kappa shape index (κ1) is 22.7. The molecular formula is C25H27N3O5S. The highest BCUT2D eigenvalue weighted by atomic mass is 32.3. The van der Waals surface area contributed by atoms with Crippen LogP contribution < -0.4 is 14.8 Å². The molecular weight excluding hydrogens is 454 g/mol. The van der Waals surface area contributed by atoms with Crippen LogP contribution in [0.25, 0.3) is 11.1 Å². The molecule has 1 aliphatic heterocycles. The number of anilines is 1. The van der Waals surface area contributed by atoms with E-state index >= 15 is 0 Å². The lowest BCUT2D eigenvalue weighted by Gasteiger charge is -2.38. The predicted octanol–water partition coefficient (Wildman–Crippen LogP) is 5.04. The van der Waals surface area contributed by atoms with E-state index in [4.69, 9.17) is 9.47 Å². The number of aryl methyl sites for hydroxylation is 1. The average Bonchev–Trinajstić information content (AvgIpc) is 3.50. The van der Waals surface area contributed by atoms with Crippen molar-refractivity contribution in [2.75, 3.05) is 26.2 Å². The van der Waals surface area contributed by atoms with Gasteiger partial charge in [-0.25, -0.2) is 9.29 Å². The van der Waals surface area contributed by atoms with Crippen LogP contribution in [0.1, 0.15) is 24.0 Å². The Bertz CT molecular complexity index is 1260. The molecule has 1 saturated carbocycles. The summed E-state index contributed by atoms with van der Waals surface area (Å²) in [4.78, 5) is 18.1. The lowest BCUT2D eigenvalue weighted by molar-refractivity contribution is -0.118. The Balaban J connectivity index is 1.33. The predicted molar refractivity (Wildman–Crippen MR) is 131 cm³/mol. The average molecular weight is 482 g/mol. The van der Waals surface area contributed by atoms with Crippen LogP contribution in [-0.4, -0.2) is 45.2 Å². The normalized spacial score (nSPS) is 16.4. The summed E-state index contributed by atoms with van der Waals surface area (Å²) in [6.45, 7) is 2.16. The first-order chi connectivity index (χ1) is 16.2. The Kier molecular flexibility index (Phi) is 5.52. The molecule has 3 aromatic rings. The van der Waals surface area contributed by atoms with Crippen molar-refractivity contribution in [3.8, 4) is 22.6 Å². The van der Waals surface area contributed by atoms with Crippen LogP contribution >= 0.6 is 10.8 Å². The first-order valence-corrected chi connectivity index (χ1v) is 12.5. The van der Waals surface area contributed by atoms with Crippen LogP contribution in [0.3, 0.4) is 0 Å². The van der Waals surface area contributed by atoms with E-state index in [1.807, 2.05) is 43.3 Å². The zero-order valence-electron chi connectivity index (χ0n) is 19.2. The summed E-state index contributed by atoms with van der Waals surface area (Å²) >= 11 is 0. The number of hydrogen-bond donors (Lipinski definition) is 3. The highest BCUT2D eigenvalue weighted by Crippen LogP contribution is 2.51. The van der Waals surface area contributed by atoms with Crippen LogP contribution in [0.15, 0.2) is 59.6 Å². The number of hydrogen-bond acceptors (Lipinski definition) is 7. The molecule has 0 unspecified atom stereocenters. The van der Waals surface area contributed by atoms with E-state index < -0.39 is 16.2 Å². The Morgan fingerprint density at radius 3 is 2.41 bits per heavy atom. The van der Waals surface area contributed by atoms with Crippen molar-refractivity contribution >= 4 is 22.5 Å². The third-order valence-corrected chi connectivity index (χ3v) is 8.38. The van der Waals surface area contributed by atoms with Crippen molar-refractivity contribution in [3.63, 3.8) is 0 Å². The zero-order chi connectivity index (χ0) is 24.1. The minimum atomic E-state index is -2.99. The maximum absolute atomic E-state index is 13.2. The van der Waals surface area contributed by atoms with Crippen molar-refractivity contribution in [3.05, 3.63) is 65.9 Å². The van der Waals surface area contributed by atoms with Crippen molar-refractivity contribution in [2.24, 2.45) is 0 Å². The smallest absolute Gasteiger partial charge is 0.236 e. The number of benzene rings is 2. The fourth-order valence-electron chi connectivity index (χ4n) is 4.16. The van der Waals surface area contributed by atoms with Gasteiger partial charge in [0.05, 0.1) is 10.3 Å². The first-order valence-electron chi connectivity index (χ1n) is 11.0. The maximum atomic E-state index is 13.2. The number of nitrogens with one attached hydrogen (secondary N) is 1. The number of ether oxygens (including phenoxy) is 2. The Hall–Kier alpha value is -3.11. The molecule has 1 aliphatic carbocycles. The van der Waals surface area contributed by atoms with Gasteiger partial charge in [-0.15, -0.1) is 10.8 Å². The molecule has 8 nitrogen and oxygen atoms in total. The second-order valence-corrected chi connectivity index (χ2v) is 11.1. The van der Waals surface area contributed by atoms with Crippen molar-refractivity contribution in [1.29, 1.82) is 0 Å². The largest absolute Gasteiger partial charge is 0.454 e. The van der Waals surface area contributed by atoms with E-state index in [1.54, 1.807) is 32.4 Å². The van der Waals surface area contributed by atoms with E-state index in [2.05, 4.69) is 10.3 Å². The van der Waals surface area contributed by atoms with Gasteiger partial charge in [0.25, 0.3) is 0 Å². The topological polar surface area (TPSA) is 104 Å². The van der Waals surface area contributed by atoms with E-state index in [0.717, 1.165) is 35.1 Å². The lowest BCUT2D eigenvalue weighted by Crippen LogP contribution is -2.28. The minimum Gasteiger partial charge on any atom is -0.454 e. The Labute approximate surface area is 200 Å². The number of aromatic nitrogens is 1. The van der Waals surface area contributed by atoms with E-state index in [0.29, 0.717) is 22.2 Å². The van der Waals surface area contributed by atoms with Gasteiger partial charge in [0, 0.05) is 25.9 Å². The molecule has 0 saturated heterocycles. The maximum Gasteiger partial charge on any atom is 0.236 e. The molecule has 2 heterocycles. The third kappa shape index (κ3) is 3.90. The van der Waals surface area contributed by atoms with E-state index in [9.17, 15) is 13.9 Å². The van der Waals surface area contributed by atoms with Crippen molar-refractivity contribution in [1.82, 2.24) is 9.29 Å². The summed E-state index contributed by atoms with van der Waals surface area (Å²) in [5.41, 5.74) is 3.11. The van der Waals surface area contributed by atoms with Gasteiger partial charge in [0.15, 0.2) is 11.5 Å². The second-order valence-electron chi connectivity index (χ2n) is 8.84. The van der Waals surface area contributed by atoms with Gasteiger partial charge in [-0.1, -0.05) is 18.2 Å². The molecule has 178 valence electrons. The van der Waals surface area contributed by atoms with Gasteiger partial charge in [-0.2, -0.15) is 0 Å². The molecule has 3 N–H and O–H groups in total. The Morgan fingerprint density at radius 1 is 1.06 bits per heavy atom. The molecule has 1 fully saturated rings. The molecule has 34 heavy (non-hydrogen) atoms. The molecule has 0 bridgehead atoms. The van der Waals surface area contributed by atoms with Crippen LogP contribution in [0.2, 0.25) is 0 Å². The summed E-state index contributed by atoms with van der Waals surface area (Å²) < 4.78 is 32.9. The lowest BCUT2D eigenvalue weighted by atomic mass is 9.94. The highest BCUT2D eigenvalue weighted by molar-refractivity contribution is 8.22. The van der Waals surface area contributed by atoms with Crippen LogP contribution in [0.5, 0.6) is 11.5 Å². The van der Waals surface area contributed by atoms with Crippen LogP contribution in [0, 0.1) is 6.92 Å². The highest BCUT2D eigenvalue weighted by Gasteiger charge is 2.51. The number of nitrogens with zero attached hydrogens (tertiary/aromatic N) is 2. The molecule has 0 atom stereocenters.